The number of halogens is 2. The van der Waals surface area contributed by atoms with Crippen molar-refractivity contribution in [2.75, 3.05) is 17.7 Å². The quantitative estimate of drug-likeness (QED) is 0.379. The highest BCUT2D eigenvalue weighted by Crippen LogP contribution is 2.32. The molecule has 2 N–H and O–H groups in total. The number of methoxy groups -OCH3 is 1. The molecular formula is C25H18Cl2N4O4. The number of rotatable bonds is 6. The van der Waals surface area contributed by atoms with Crippen molar-refractivity contribution in [3.05, 3.63) is 111 Å². The number of aromatic nitrogens is 2. The summed E-state index contributed by atoms with van der Waals surface area (Å²) in [6.45, 7) is 0. The topological polar surface area (TPSA) is 102 Å². The van der Waals surface area contributed by atoms with Gasteiger partial charge in [0.15, 0.2) is 0 Å². The van der Waals surface area contributed by atoms with E-state index in [0.29, 0.717) is 16.4 Å². The normalized spacial score (nSPS) is 10.5. The molecule has 0 aliphatic rings. The molecule has 8 nitrogen and oxygen atoms in total. The van der Waals surface area contributed by atoms with E-state index in [1.54, 1.807) is 42.6 Å². The molecule has 0 aliphatic carbocycles. The van der Waals surface area contributed by atoms with E-state index in [2.05, 4.69) is 15.6 Å². The molecule has 10 heteroatoms. The van der Waals surface area contributed by atoms with Crippen molar-refractivity contribution in [2.24, 2.45) is 0 Å². The zero-order chi connectivity index (χ0) is 24.9. The van der Waals surface area contributed by atoms with Crippen LogP contribution >= 0.6 is 23.2 Å². The minimum Gasteiger partial charge on any atom is -0.496 e. The van der Waals surface area contributed by atoms with Gasteiger partial charge in [0.05, 0.1) is 17.8 Å². The second kappa shape index (κ2) is 10.4. The van der Waals surface area contributed by atoms with Gasteiger partial charge in [0.2, 0.25) is 0 Å². The summed E-state index contributed by atoms with van der Waals surface area (Å²) >= 11 is 12.0. The highest BCUT2D eigenvalue weighted by Gasteiger charge is 2.21. The highest BCUT2D eigenvalue weighted by atomic mass is 35.5. The van der Waals surface area contributed by atoms with Crippen molar-refractivity contribution in [1.29, 1.82) is 0 Å². The van der Waals surface area contributed by atoms with E-state index in [0.717, 1.165) is 0 Å². The number of nitrogens with one attached hydrogen (secondary N) is 2. The zero-order valence-electron chi connectivity index (χ0n) is 18.3. The number of pyridine rings is 2. The molecule has 2 aromatic heterocycles. The summed E-state index contributed by atoms with van der Waals surface area (Å²) in [5.74, 6) is -0.929. The predicted molar refractivity (Wildman–Crippen MR) is 135 cm³/mol. The standard InChI is InChI=1S/C25H18Cl2N4O4/c1-35-21-13-16(27)12-20(30-24(33)19-10-5-15(26)14-28-19)23(21)25(34)29-17-6-8-18(9-7-17)31-11-3-2-4-22(31)32/h2-14H,1H3,(H,29,34)(H,30,33). The van der Waals surface area contributed by atoms with Crippen molar-refractivity contribution in [3.8, 4) is 11.4 Å². The Balaban J connectivity index is 1.61. The number of hydrogen-bond donors (Lipinski definition) is 2. The maximum Gasteiger partial charge on any atom is 0.274 e. The van der Waals surface area contributed by atoms with Crippen LogP contribution in [0.5, 0.6) is 5.75 Å². The average molecular weight is 509 g/mol. The number of benzene rings is 2. The highest BCUT2D eigenvalue weighted by molar-refractivity contribution is 6.32. The van der Waals surface area contributed by atoms with Gasteiger partial charge in [-0.15, -0.1) is 0 Å². The first-order valence-electron chi connectivity index (χ1n) is 10.3. The first-order valence-corrected chi connectivity index (χ1v) is 11.0. The second-order valence-electron chi connectivity index (χ2n) is 7.26. The van der Waals surface area contributed by atoms with Crippen molar-refractivity contribution < 1.29 is 14.3 Å². The molecule has 2 aromatic carbocycles. The number of carbonyl (C=O) groups is 2. The fourth-order valence-corrected chi connectivity index (χ4v) is 3.63. The van der Waals surface area contributed by atoms with Crippen LogP contribution in [0.25, 0.3) is 5.69 Å². The minimum absolute atomic E-state index is 0.0718. The number of hydrogen-bond acceptors (Lipinski definition) is 5. The summed E-state index contributed by atoms with van der Waals surface area (Å²) in [7, 11) is 1.39. The van der Waals surface area contributed by atoms with Gasteiger partial charge >= 0.3 is 0 Å². The number of carbonyl (C=O) groups excluding carboxylic acids is 2. The van der Waals surface area contributed by atoms with Gasteiger partial charge in [0.1, 0.15) is 17.0 Å². The average Bonchev–Trinajstić information content (AvgIpc) is 2.84. The smallest absolute Gasteiger partial charge is 0.274 e. The molecule has 0 bridgehead atoms. The molecule has 4 aromatic rings. The predicted octanol–water partition coefficient (Wildman–Crippen LogP) is 5.05. The van der Waals surface area contributed by atoms with E-state index in [-0.39, 0.29) is 33.3 Å². The first-order chi connectivity index (χ1) is 16.9. The number of ether oxygens (including phenoxy) is 1. The van der Waals surface area contributed by atoms with E-state index in [4.69, 9.17) is 27.9 Å². The minimum atomic E-state index is -0.558. The van der Waals surface area contributed by atoms with E-state index in [1.807, 2.05) is 0 Å². The Kier molecular flexibility index (Phi) is 7.14. The van der Waals surface area contributed by atoms with Crippen LogP contribution in [0, 0.1) is 0 Å². The molecule has 0 radical (unpaired) electrons. The van der Waals surface area contributed by atoms with Gasteiger partial charge in [-0.3, -0.25) is 19.0 Å². The molecular weight excluding hydrogens is 491 g/mol. The molecule has 0 spiro atoms. The maximum atomic E-state index is 13.2. The monoisotopic (exact) mass is 508 g/mol. The molecule has 0 saturated heterocycles. The third-order valence-electron chi connectivity index (χ3n) is 4.95. The summed E-state index contributed by atoms with van der Waals surface area (Å²) in [4.78, 5) is 42.0. The van der Waals surface area contributed by atoms with E-state index in [1.165, 1.54) is 48.2 Å². The van der Waals surface area contributed by atoms with Crippen LogP contribution in [-0.4, -0.2) is 28.5 Å². The summed E-state index contributed by atoms with van der Waals surface area (Å²) in [5, 5.41) is 6.07. The fourth-order valence-electron chi connectivity index (χ4n) is 3.31. The molecule has 2 heterocycles. The van der Waals surface area contributed by atoms with E-state index < -0.39 is 11.8 Å². The Bertz CT molecular complexity index is 1450. The maximum absolute atomic E-state index is 13.2. The number of anilines is 2. The largest absolute Gasteiger partial charge is 0.496 e. The molecule has 2 amide bonds. The van der Waals surface area contributed by atoms with Crippen LogP contribution in [0.3, 0.4) is 0 Å². The van der Waals surface area contributed by atoms with Crippen molar-refractivity contribution in [2.45, 2.75) is 0 Å². The summed E-state index contributed by atoms with van der Waals surface area (Å²) < 4.78 is 6.83. The molecule has 0 fully saturated rings. The third-order valence-corrected chi connectivity index (χ3v) is 5.39. The molecule has 0 saturated carbocycles. The van der Waals surface area contributed by atoms with Crippen LogP contribution in [0.4, 0.5) is 11.4 Å². The van der Waals surface area contributed by atoms with Gasteiger partial charge in [-0.2, -0.15) is 0 Å². The van der Waals surface area contributed by atoms with Crippen LogP contribution < -0.4 is 20.9 Å². The lowest BCUT2D eigenvalue weighted by Crippen LogP contribution is -2.20. The Morgan fingerprint density at radius 3 is 2.34 bits per heavy atom. The molecule has 35 heavy (non-hydrogen) atoms. The lowest BCUT2D eigenvalue weighted by molar-refractivity contribution is 0.102. The first kappa shape index (κ1) is 24.0. The number of nitrogens with zero attached hydrogens (tertiary/aromatic N) is 2. The zero-order valence-corrected chi connectivity index (χ0v) is 19.8. The van der Waals surface area contributed by atoms with Gasteiger partial charge in [-0.1, -0.05) is 29.3 Å². The van der Waals surface area contributed by atoms with Crippen LogP contribution in [0.15, 0.2) is 83.9 Å². The lowest BCUT2D eigenvalue weighted by Gasteiger charge is -2.16. The lowest BCUT2D eigenvalue weighted by atomic mass is 10.1. The SMILES string of the molecule is COc1cc(Cl)cc(NC(=O)c2ccc(Cl)cn2)c1C(=O)Nc1ccc(-n2ccccc2=O)cc1. The van der Waals surface area contributed by atoms with Gasteiger partial charge in [-0.05, 0) is 54.6 Å². The Morgan fingerprint density at radius 2 is 1.69 bits per heavy atom. The molecule has 0 unspecified atom stereocenters. The van der Waals surface area contributed by atoms with Crippen molar-refractivity contribution >= 4 is 46.4 Å². The van der Waals surface area contributed by atoms with Crippen molar-refractivity contribution in [3.63, 3.8) is 0 Å². The summed E-state index contributed by atoms with van der Waals surface area (Å²) in [6.07, 6.45) is 2.99. The summed E-state index contributed by atoms with van der Waals surface area (Å²) in [5.41, 5.74) is 1.25. The Morgan fingerprint density at radius 1 is 0.914 bits per heavy atom. The second-order valence-corrected chi connectivity index (χ2v) is 8.13. The molecule has 0 atom stereocenters. The number of amides is 2. The van der Waals surface area contributed by atoms with Crippen molar-refractivity contribution in [1.82, 2.24) is 9.55 Å². The van der Waals surface area contributed by atoms with Crippen LogP contribution in [0.2, 0.25) is 10.0 Å². The van der Waals surface area contributed by atoms with Crippen LogP contribution in [-0.2, 0) is 0 Å². The van der Waals surface area contributed by atoms with Gasteiger partial charge in [-0.25, -0.2) is 4.98 Å². The summed E-state index contributed by atoms with van der Waals surface area (Å²) in [6, 6.07) is 17.5. The van der Waals surface area contributed by atoms with Crippen LogP contribution in [0.1, 0.15) is 20.8 Å². The Hall–Kier alpha value is -4.14. The van der Waals surface area contributed by atoms with E-state index in [9.17, 15) is 14.4 Å². The van der Waals surface area contributed by atoms with E-state index >= 15 is 0 Å². The molecule has 4 rings (SSSR count). The fraction of sp³-hybridized carbons (Fsp3) is 0.0400. The third kappa shape index (κ3) is 5.51. The van der Waals surface area contributed by atoms with Gasteiger partial charge < -0.3 is 15.4 Å². The Labute approximate surface area is 210 Å². The van der Waals surface area contributed by atoms with Gasteiger partial charge in [0.25, 0.3) is 17.4 Å². The van der Waals surface area contributed by atoms with Gasteiger partial charge in [0, 0.05) is 34.9 Å². The molecule has 176 valence electrons. The molecule has 0 aliphatic heterocycles.